The summed E-state index contributed by atoms with van der Waals surface area (Å²) >= 11 is 0. The Morgan fingerprint density at radius 3 is 2.28 bits per heavy atom. The highest BCUT2D eigenvalue weighted by Crippen LogP contribution is 2.28. The van der Waals surface area contributed by atoms with E-state index in [1.165, 1.54) is 43.5 Å². The van der Waals surface area contributed by atoms with Gasteiger partial charge in [0, 0.05) is 24.7 Å². The Balaban J connectivity index is 1.16. The number of hydrogen-bond acceptors (Lipinski definition) is 2. The molecule has 3 heteroatoms. The van der Waals surface area contributed by atoms with Crippen molar-refractivity contribution < 1.29 is 4.79 Å². The molecule has 2 aromatic carbocycles. The maximum absolute atomic E-state index is 12.3. The van der Waals surface area contributed by atoms with Crippen molar-refractivity contribution in [2.75, 3.05) is 19.6 Å². The van der Waals surface area contributed by atoms with E-state index < -0.39 is 0 Å². The van der Waals surface area contributed by atoms with Gasteiger partial charge in [0.2, 0.25) is 0 Å². The van der Waals surface area contributed by atoms with Crippen molar-refractivity contribution in [3.05, 3.63) is 77.9 Å². The van der Waals surface area contributed by atoms with Gasteiger partial charge in [0.1, 0.15) is 0 Å². The van der Waals surface area contributed by atoms with Crippen LogP contribution in [0.5, 0.6) is 0 Å². The van der Waals surface area contributed by atoms with Crippen LogP contribution in [0.1, 0.15) is 54.4 Å². The molecule has 2 aromatic rings. The fraction of sp³-hybridized carbons (Fsp3) is 0.423. The number of benzene rings is 2. The molecule has 0 atom stereocenters. The summed E-state index contributed by atoms with van der Waals surface area (Å²) in [5.74, 6) is 0.878. The number of rotatable bonds is 6. The maximum atomic E-state index is 12.3. The molecule has 1 amide bonds. The highest BCUT2D eigenvalue weighted by atomic mass is 16.1. The topological polar surface area (TPSA) is 32.3 Å². The molecule has 4 rings (SSSR count). The zero-order chi connectivity index (χ0) is 19.9. The third-order valence-corrected chi connectivity index (χ3v) is 6.51. The lowest BCUT2D eigenvalue weighted by molar-refractivity contribution is 0.0920. The molecule has 0 unspecified atom stereocenters. The van der Waals surface area contributed by atoms with Crippen molar-refractivity contribution >= 4 is 11.5 Å². The molecule has 0 spiro atoms. The molecule has 1 aliphatic heterocycles. The lowest BCUT2D eigenvalue weighted by Crippen LogP contribution is -2.38. The lowest BCUT2D eigenvalue weighted by Gasteiger charge is -2.32. The summed E-state index contributed by atoms with van der Waals surface area (Å²) < 4.78 is 0. The van der Waals surface area contributed by atoms with E-state index in [9.17, 15) is 4.79 Å². The van der Waals surface area contributed by atoms with Crippen molar-refractivity contribution in [2.45, 2.75) is 44.6 Å². The second-order valence-electron chi connectivity index (χ2n) is 8.49. The van der Waals surface area contributed by atoms with Crippen LogP contribution in [0.2, 0.25) is 0 Å². The molecule has 0 aromatic heterocycles. The minimum absolute atomic E-state index is 0.0726. The van der Waals surface area contributed by atoms with Crippen LogP contribution in [0.25, 0.3) is 5.57 Å². The Kier molecular flexibility index (Phi) is 6.79. The first-order valence-electron chi connectivity index (χ1n) is 11.1. The van der Waals surface area contributed by atoms with Gasteiger partial charge in [0.25, 0.3) is 5.91 Å². The lowest BCUT2D eigenvalue weighted by atomic mass is 9.84. The standard InChI is InChI=1S/C26H32N2O/c29-26(24-9-5-2-6-10-24)27-25-13-11-21(12-14-25)15-18-28-19-16-23(17-20-28)22-7-3-1-4-8-22/h1-10,16,21,25H,11-15,17-20H2,(H,27,29)/t21-,25-. The van der Waals surface area contributed by atoms with Gasteiger partial charge in [-0.2, -0.15) is 0 Å². The van der Waals surface area contributed by atoms with Crippen LogP contribution in [-0.4, -0.2) is 36.5 Å². The van der Waals surface area contributed by atoms with Crippen molar-refractivity contribution in [3.63, 3.8) is 0 Å². The normalized spacial score (nSPS) is 22.7. The van der Waals surface area contributed by atoms with Gasteiger partial charge in [0.15, 0.2) is 0 Å². The minimum Gasteiger partial charge on any atom is -0.349 e. The third kappa shape index (κ3) is 5.57. The monoisotopic (exact) mass is 388 g/mol. The predicted octanol–water partition coefficient (Wildman–Crippen LogP) is 5.15. The molecule has 2 aliphatic rings. The van der Waals surface area contributed by atoms with E-state index in [2.05, 4.69) is 46.6 Å². The average Bonchev–Trinajstić information content (AvgIpc) is 2.80. The van der Waals surface area contributed by atoms with E-state index in [1.807, 2.05) is 30.3 Å². The van der Waals surface area contributed by atoms with Crippen molar-refractivity contribution in [3.8, 4) is 0 Å². The molecule has 1 fully saturated rings. The van der Waals surface area contributed by atoms with E-state index in [0.29, 0.717) is 6.04 Å². The summed E-state index contributed by atoms with van der Waals surface area (Å²) in [6.45, 7) is 3.44. The van der Waals surface area contributed by atoms with E-state index in [0.717, 1.165) is 37.3 Å². The zero-order valence-electron chi connectivity index (χ0n) is 17.2. The average molecular weight is 389 g/mol. The van der Waals surface area contributed by atoms with Crippen LogP contribution in [0, 0.1) is 5.92 Å². The molecule has 1 aliphatic carbocycles. The quantitative estimate of drug-likeness (QED) is 0.742. The third-order valence-electron chi connectivity index (χ3n) is 6.51. The van der Waals surface area contributed by atoms with Gasteiger partial charge in [-0.15, -0.1) is 0 Å². The summed E-state index contributed by atoms with van der Waals surface area (Å²) in [5, 5.41) is 3.22. The number of hydrogen-bond donors (Lipinski definition) is 1. The number of carbonyl (C=O) groups is 1. The number of nitrogens with zero attached hydrogens (tertiary/aromatic N) is 1. The van der Waals surface area contributed by atoms with Crippen LogP contribution < -0.4 is 5.32 Å². The van der Waals surface area contributed by atoms with Gasteiger partial charge in [0.05, 0.1) is 0 Å². The first-order valence-corrected chi connectivity index (χ1v) is 11.1. The maximum Gasteiger partial charge on any atom is 0.251 e. The van der Waals surface area contributed by atoms with Gasteiger partial charge >= 0.3 is 0 Å². The van der Waals surface area contributed by atoms with Crippen LogP contribution in [0.3, 0.4) is 0 Å². The van der Waals surface area contributed by atoms with Crippen molar-refractivity contribution in [1.82, 2.24) is 10.2 Å². The summed E-state index contributed by atoms with van der Waals surface area (Å²) in [5.41, 5.74) is 3.64. The Morgan fingerprint density at radius 2 is 1.62 bits per heavy atom. The predicted molar refractivity (Wildman–Crippen MR) is 120 cm³/mol. The molecule has 29 heavy (non-hydrogen) atoms. The van der Waals surface area contributed by atoms with Crippen LogP contribution in [-0.2, 0) is 0 Å². The van der Waals surface area contributed by atoms with Gasteiger partial charge in [-0.1, -0.05) is 54.6 Å². The largest absolute Gasteiger partial charge is 0.349 e. The molecule has 1 heterocycles. The fourth-order valence-electron chi connectivity index (χ4n) is 4.65. The van der Waals surface area contributed by atoms with E-state index >= 15 is 0 Å². The molecule has 3 nitrogen and oxygen atoms in total. The number of amides is 1. The summed E-state index contributed by atoms with van der Waals surface area (Å²) in [6.07, 6.45) is 9.55. The molecular formula is C26H32N2O. The summed E-state index contributed by atoms with van der Waals surface area (Å²) in [4.78, 5) is 14.9. The second-order valence-corrected chi connectivity index (χ2v) is 8.49. The molecule has 1 N–H and O–H groups in total. The van der Waals surface area contributed by atoms with E-state index in [4.69, 9.17) is 0 Å². The van der Waals surface area contributed by atoms with Crippen molar-refractivity contribution in [2.24, 2.45) is 5.92 Å². The van der Waals surface area contributed by atoms with Crippen molar-refractivity contribution in [1.29, 1.82) is 0 Å². The molecular weight excluding hydrogens is 356 g/mol. The molecule has 1 saturated carbocycles. The first kappa shape index (κ1) is 19.9. The second kappa shape index (κ2) is 9.89. The molecule has 152 valence electrons. The molecule has 0 saturated heterocycles. The fourth-order valence-corrected chi connectivity index (χ4v) is 4.65. The van der Waals surface area contributed by atoms with E-state index in [-0.39, 0.29) is 5.91 Å². The number of carbonyl (C=O) groups excluding carboxylic acids is 1. The Bertz CT molecular complexity index is 807. The van der Waals surface area contributed by atoms with E-state index in [1.54, 1.807) is 0 Å². The molecule has 0 bridgehead atoms. The Morgan fingerprint density at radius 1 is 0.931 bits per heavy atom. The highest BCUT2D eigenvalue weighted by molar-refractivity contribution is 5.94. The van der Waals surface area contributed by atoms with Gasteiger partial charge < -0.3 is 5.32 Å². The smallest absolute Gasteiger partial charge is 0.251 e. The molecule has 0 radical (unpaired) electrons. The highest BCUT2D eigenvalue weighted by Gasteiger charge is 2.23. The van der Waals surface area contributed by atoms with Gasteiger partial charge in [-0.05, 0) is 74.3 Å². The minimum atomic E-state index is 0.0726. The van der Waals surface area contributed by atoms with Gasteiger partial charge in [-0.3, -0.25) is 9.69 Å². The van der Waals surface area contributed by atoms with Gasteiger partial charge in [-0.25, -0.2) is 0 Å². The Labute approximate surface area is 174 Å². The van der Waals surface area contributed by atoms with Crippen LogP contribution >= 0.6 is 0 Å². The first-order chi connectivity index (χ1) is 14.3. The summed E-state index contributed by atoms with van der Waals surface area (Å²) in [7, 11) is 0. The van der Waals surface area contributed by atoms with Crippen LogP contribution in [0.4, 0.5) is 0 Å². The SMILES string of the molecule is O=C(N[C@H]1CC[C@H](CCN2CC=C(c3ccccc3)CC2)CC1)c1ccccc1. The summed E-state index contributed by atoms with van der Waals surface area (Å²) in [6, 6.07) is 20.7. The zero-order valence-corrected chi connectivity index (χ0v) is 17.2. The number of nitrogens with one attached hydrogen (secondary N) is 1. The van der Waals surface area contributed by atoms with Crippen LogP contribution in [0.15, 0.2) is 66.7 Å². The Hall–Kier alpha value is -2.39.